The summed E-state index contributed by atoms with van der Waals surface area (Å²) < 4.78 is 5.29. The van der Waals surface area contributed by atoms with Crippen molar-refractivity contribution in [2.45, 2.75) is 25.0 Å². The third-order valence-electron chi connectivity index (χ3n) is 3.66. The molecule has 20 heavy (non-hydrogen) atoms. The minimum Gasteiger partial charge on any atom is -0.445 e. The Bertz CT molecular complexity index is 428. The molecule has 0 saturated carbocycles. The fourth-order valence-electron chi connectivity index (χ4n) is 2.42. The van der Waals surface area contributed by atoms with Gasteiger partial charge in [0.05, 0.1) is 5.60 Å². The maximum absolute atomic E-state index is 11.9. The van der Waals surface area contributed by atoms with E-state index in [0.717, 1.165) is 5.56 Å². The summed E-state index contributed by atoms with van der Waals surface area (Å²) in [7, 11) is 1.82. The maximum atomic E-state index is 11.9. The molecule has 0 radical (unpaired) electrons. The zero-order valence-corrected chi connectivity index (χ0v) is 11.8. The zero-order valence-electron chi connectivity index (χ0n) is 11.8. The molecule has 5 heteroatoms. The summed E-state index contributed by atoms with van der Waals surface area (Å²) in [4.78, 5) is 13.6. The molecule has 1 fully saturated rings. The van der Waals surface area contributed by atoms with Gasteiger partial charge in [0.1, 0.15) is 6.61 Å². The number of aliphatic hydroxyl groups is 1. The second-order valence-corrected chi connectivity index (χ2v) is 5.28. The smallest absolute Gasteiger partial charge is 0.410 e. The van der Waals surface area contributed by atoms with Gasteiger partial charge in [0.15, 0.2) is 0 Å². The molecule has 0 aliphatic carbocycles. The first kappa shape index (κ1) is 14.8. The number of hydrogen-bond acceptors (Lipinski definition) is 4. The first-order chi connectivity index (χ1) is 9.63. The Hall–Kier alpha value is -1.59. The standard InChI is InChI=1S/C15H22N2O3/c1-16-12-15(19)7-9-17(10-8-15)14(18)20-11-13-5-3-2-4-6-13/h2-6,16,19H,7-12H2,1H3. The molecule has 1 aromatic carbocycles. The number of likely N-dealkylation sites (N-methyl/N-ethyl adjacent to an activating group) is 1. The highest BCUT2D eigenvalue weighted by atomic mass is 16.6. The minimum absolute atomic E-state index is 0.289. The van der Waals surface area contributed by atoms with E-state index in [1.165, 1.54) is 0 Å². The van der Waals surface area contributed by atoms with Crippen molar-refractivity contribution in [1.82, 2.24) is 10.2 Å². The summed E-state index contributed by atoms with van der Waals surface area (Å²) in [6.45, 7) is 1.91. The van der Waals surface area contributed by atoms with E-state index in [1.54, 1.807) is 4.90 Å². The van der Waals surface area contributed by atoms with Crippen molar-refractivity contribution >= 4 is 6.09 Å². The largest absolute Gasteiger partial charge is 0.445 e. The van der Waals surface area contributed by atoms with Crippen molar-refractivity contribution < 1.29 is 14.6 Å². The van der Waals surface area contributed by atoms with Gasteiger partial charge in [-0.25, -0.2) is 4.79 Å². The van der Waals surface area contributed by atoms with Crippen molar-refractivity contribution in [3.05, 3.63) is 35.9 Å². The number of benzene rings is 1. The van der Waals surface area contributed by atoms with Crippen LogP contribution in [-0.4, -0.2) is 48.4 Å². The van der Waals surface area contributed by atoms with Gasteiger partial charge in [-0.15, -0.1) is 0 Å². The Morgan fingerprint density at radius 1 is 1.35 bits per heavy atom. The van der Waals surface area contributed by atoms with Crippen LogP contribution >= 0.6 is 0 Å². The van der Waals surface area contributed by atoms with Gasteiger partial charge in [-0.2, -0.15) is 0 Å². The van der Waals surface area contributed by atoms with Gasteiger partial charge >= 0.3 is 6.09 Å². The Morgan fingerprint density at radius 2 is 2.00 bits per heavy atom. The SMILES string of the molecule is CNCC1(O)CCN(C(=O)OCc2ccccc2)CC1. The number of rotatable bonds is 4. The van der Waals surface area contributed by atoms with E-state index < -0.39 is 5.60 Å². The summed E-state index contributed by atoms with van der Waals surface area (Å²) in [6, 6.07) is 9.62. The highest BCUT2D eigenvalue weighted by Crippen LogP contribution is 2.22. The van der Waals surface area contributed by atoms with Crippen molar-refractivity contribution in [1.29, 1.82) is 0 Å². The molecule has 2 N–H and O–H groups in total. The lowest BCUT2D eigenvalue weighted by Crippen LogP contribution is -2.50. The molecule has 1 aliphatic rings. The predicted octanol–water partition coefficient (Wildman–Crippen LogP) is 1.37. The normalized spacial score (nSPS) is 17.8. The van der Waals surface area contributed by atoms with E-state index in [0.29, 0.717) is 32.5 Å². The zero-order chi connectivity index (χ0) is 14.4. The van der Waals surface area contributed by atoms with Gasteiger partial charge in [-0.1, -0.05) is 30.3 Å². The second-order valence-electron chi connectivity index (χ2n) is 5.28. The first-order valence-corrected chi connectivity index (χ1v) is 6.96. The number of hydrogen-bond donors (Lipinski definition) is 2. The van der Waals surface area contributed by atoms with E-state index >= 15 is 0 Å². The molecule has 0 atom stereocenters. The lowest BCUT2D eigenvalue weighted by molar-refractivity contribution is -0.0187. The van der Waals surface area contributed by atoms with Gasteiger partial charge < -0.3 is 20.1 Å². The number of ether oxygens (including phenoxy) is 1. The number of carbonyl (C=O) groups is 1. The lowest BCUT2D eigenvalue weighted by atomic mass is 9.91. The quantitative estimate of drug-likeness (QED) is 0.873. The van der Waals surface area contributed by atoms with Crippen LogP contribution in [0, 0.1) is 0 Å². The molecular weight excluding hydrogens is 256 g/mol. The molecule has 1 saturated heterocycles. The fourth-order valence-corrected chi connectivity index (χ4v) is 2.42. The number of nitrogens with zero attached hydrogens (tertiary/aromatic N) is 1. The van der Waals surface area contributed by atoms with E-state index in [-0.39, 0.29) is 12.7 Å². The van der Waals surface area contributed by atoms with Crippen LogP contribution in [0.2, 0.25) is 0 Å². The molecule has 110 valence electrons. The molecule has 1 aliphatic heterocycles. The Morgan fingerprint density at radius 3 is 2.60 bits per heavy atom. The monoisotopic (exact) mass is 278 g/mol. The summed E-state index contributed by atoms with van der Waals surface area (Å²) in [5.74, 6) is 0. The molecule has 1 heterocycles. The average Bonchev–Trinajstić information content (AvgIpc) is 2.47. The van der Waals surface area contributed by atoms with Gasteiger partial charge in [-0.3, -0.25) is 0 Å². The number of carbonyl (C=O) groups excluding carboxylic acids is 1. The number of piperidine rings is 1. The molecular formula is C15H22N2O3. The predicted molar refractivity (Wildman–Crippen MR) is 76.3 cm³/mol. The van der Waals surface area contributed by atoms with Crippen LogP contribution in [0.3, 0.4) is 0 Å². The van der Waals surface area contributed by atoms with Crippen molar-refractivity contribution in [2.24, 2.45) is 0 Å². The van der Waals surface area contributed by atoms with Crippen LogP contribution in [0.15, 0.2) is 30.3 Å². The van der Waals surface area contributed by atoms with Crippen LogP contribution in [-0.2, 0) is 11.3 Å². The molecule has 5 nitrogen and oxygen atoms in total. The topological polar surface area (TPSA) is 61.8 Å². The minimum atomic E-state index is -0.703. The van der Waals surface area contributed by atoms with Crippen LogP contribution in [0.1, 0.15) is 18.4 Å². The molecule has 0 unspecified atom stereocenters. The summed E-state index contributed by atoms with van der Waals surface area (Å²) in [5.41, 5.74) is 0.273. The van der Waals surface area contributed by atoms with Gasteiger partial charge in [0.2, 0.25) is 0 Å². The molecule has 0 spiro atoms. The Balaban J connectivity index is 1.77. The highest BCUT2D eigenvalue weighted by Gasteiger charge is 2.33. The third kappa shape index (κ3) is 3.95. The Kier molecular flexibility index (Phi) is 4.98. The fraction of sp³-hybridized carbons (Fsp3) is 0.533. The van der Waals surface area contributed by atoms with Crippen molar-refractivity contribution in [2.75, 3.05) is 26.7 Å². The van der Waals surface area contributed by atoms with Crippen LogP contribution < -0.4 is 5.32 Å². The van der Waals surface area contributed by atoms with Gasteiger partial charge in [0, 0.05) is 19.6 Å². The van der Waals surface area contributed by atoms with E-state index in [1.807, 2.05) is 37.4 Å². The van der Waals surface area contributed by atoms with Crippen LogP contribution in [0.5, 0.6) is 0 Å². The van der Waals surface area contributed by atoms with Crippen LogP contribution in [0.4, 0.5) is 4.79 Å². The Labute approximate surface area is 119 Å². The lowest BCUT2D eigenvalue weighted by Gasteiger charge is -2.37. The highest BCUT2D eigenvalue weighted by molar-refractivity contribution is 5.67. The number of nitrogens with one attached hydrogen (secondary N) is 1. The van der Waals surface area contributed by atoms with E-state index in [4.69, 9.17) is 4.74 Å². The number of likely N-dealkylation sites (tertiary alicyclic amines) is 1. The number of amides is 1. The molecule has 2 rings (SSSR count). The van der Waals surface area contributed by atoms with Crippen molar-refractivity contribution in [3.63, 3.8) is 0 Å². The van der Waals surface area contributed by atoms with E-state index in [9.17, 15) is 9.90 Å². The van der Waals surface area contributed by atoms with Gasteiger partial charge in [-0.05, 0) is 25.5 Å². The summed E-state index contributed by atoms with van der Waals surface area (Å²) in [6.07, 6.45) is 0.850. The van der Waals surface area contributed by atoms with Crippen LogP contribution in [0.25, 0.3) is 0 Å². The second kappa shape index (κ2) is 6.72. The molecule has 0 bridgehead atoms. The van der Waals surface area contributed by atoms with Crippen molar-refractivity contribution in [3.8, 4) is 0 Å². The third-order valence-corrected chi connectivity index (χ3v) is 3.66. The van der Waals surface area contributed by atoms with E-state index in [2.05, 4.69) is 5.32 Å². The molecule has 0 aromatic heterocycles. The van der Waals surface area contributed by atoms with Gasteiger partial charge in [0.25, 0.3) is 0 Å². The molecule has 1 aromatic rings. The first-order valence-electron chi connectivity index (χ1n) is 6.96. The summed E-state index contributed by atoms with van der Waals surface area (Å²) in [5, 5.41) is 13.2. The molecule has 1 amide bonds. The summed E-state index contributed by atoms with van der Waals surface area (Å²) >= 11 is 0. The maximum Gasteiger partial charge on any atom is 0.410 e. The average molecular weight is 278 g/mol.